The molecule has 0 aliphatic heterocycles. The van der Waals surface area contributed by atoms with Gasteiger partial charge in [0.25, 0.3) is 0 Å². The lowest BCUT2D eigenvalue weighted by molar-refractivity contribution is 0.113. The van der Waals surface area contributed by atoms with Crippen LogP contribution in [0.15, 0.2) is 18.2 Å². The monoisotopic (exact) mass is 210 g/mol. The molecule has 1 aromatic heterocycles. The molecule has 4 heteroatoms. The van der Waals surface area contributed by atoms with E-state index in [1.807, 2.05) is 25.1 Å². The van der Waals surface area contributed by atoms with Crippen LogP contribution in [0.4, 0.5) is 0 Å². The molecule has 1 unspecified atom stereocenters. The Hall–Kier alpha value is -1.06. The molecule has 2 aromatic rings. The molecule has 2 rings (SSSR count). The van der Waals surface area contributed by atoms with E-state index in [1.54, 1.807) is 7.11 Å². The third kappa shape index (κ3) is 1.61. The number of halogens is 1. The molecule has 1 heterocycles. The highest BCUT2D eigenvalue weighted by molar-refractivity contribution is 6.31. The minimum absolute atomic E-state index is 0.0267. The Labute approximate surface area is 87.1 Å². The van der Waals surface area contributed by atoms with Gasteiger partial charge in [0.15, 0.2) is 0 Å². The molecule has 0 saturated heterocycles. The molecule has 1 aromatic carbocycles. The molecule has 0 spiro atoms. The second-order valence-corrected chi connectivity index (χ2v) is 3.60. The van der Waals surface area contributed by atoms with E-state index < -0.39 is 0 Å². The number of nitrogens with one attached hydrogen (secondary N) is 1. The number of fused-ring (bicyclic) bond motifs is 1. The first-order valence-electron chi connectivity index (χ1n) is 4.38. The summed E-state index contributed by atoms with van der Waals surface area (Å²) in [7, 11) is 1.66. The molecule has 0 saturated carbocycles. The number of aromatic nitrogens is 2. The van der Waals surface area contributed by atoms with Gasteiger partial charge in [0, 0.05) is 12.1 Å². The van der Waals surface area contributed by atoms with Gasteiger partial charge in [-0.05, 0) is 25.1 Å². The van der Waals surface area contributed by atoms with Gasteiger partial charge in [0.1, 0.15) is 11.9 Å². The molecular weight excluding hydrogens is 200 g/mol. The summed E-state index contributed by atoms with van der Waals surface area (Å²) in [6.45, 7) is 1.94. The molecule has 0 radical (unpaired) electrons. The van der Waals surface area contributed by atoms with E-state index in [4.69, 9.17) is 16.3 Å². The molecular formula is C10H11ClN2O. The van der Waals surface area contributed by atoms with Crippen molar-refractivity contribution in [3.8, 4) is 0 Å². The highest BCUT2D eigenvalue weighted by Gasteiger charge is 2.09. The van der Waals surface area contributed by atoms with E-state index in [9.17, 15) is 0 Å². The Morgan fingerprint density at radius 2 is 2.29 bits per heavy atom. The van der Waals surface area contributed by atoms with Crippen molar-refractivity contribution in [2.24, 2.45) is 0 Å². The summed E-state index contributed by atoms with van der Waals surface area (Å²) < 4.78 is 5.17. The Morgan fingerprint density at radius 1 is 1.50 bits per heavy atom. The van der Waals surface area contributed by atoms with Crippen LogP contribution in [-0.4, -0.2) is 17.1 Å². The lowest BCUT2D eigenvalue weighted by Crippen LogP contribution is -1.97. The van der Waals surface area contributed by atoms with Crippen molar-refractivity contribution in [1.29, 1.82) is 0 Å². The first kappa shape index (κ1) is 9.49. The van der Waals surface area contributed by atoms with Crippen LogP contribution in [-0.2, 0) is 4.74 Å². The van der Waals surface area contributed by atoms with Crippen LogP contribution >= 0.6 is 11.6 Å². The number of hydrogen-bond donors (Lipinski definition) is 1. The third-order valence-corrected chi connectivity index (χ3v) is 2.44. The normalized spacial score (nSPS) is 13.4. The van der Waals surface area contributed by atoms with Gasteiger partial charge in [-0.1, -0.05) is 11.6 Å². The zero-order valence-electron chi connectivity index (χ0n) is 8.04. The van der Waals surface area contributed by atoms with E-state index in [0.29, 0.717) is 5.02 Å². The van der Waals surface area contributed by atoms with Crippen molar-refractivity contribution in [2.45, 2.75) is 13.0 Å². The highest BCUT2D eigenvalue weighted by Crippen LogP contribution is 2.20. The molecule has 0 bridgehead atoms. The van der Waals surface area contributed by atoms with Crippen LogP contribution in [0.1, 0.15) is 18.9 Å². The minimum Gasteiger partial charge on any atom is -0.374 e. The molecule has 1 atom stereocenters. The molecule has 1 N–H and O–H groups in total. The molecule has 0 aliphatic carbocycles. The molecule has 0 amide bonds. The fourth-order valence-corrected chi connectivity index (χ4v) is 1.48. The number of benzene rings is 1. The largest absolute Gasteiger partial charge is 0.374 e. The van der Waals surface area contributed by atoms with Gasteiger partial charge in [-0.2, -0.15) is 0 Å². The van der Waals surface area contributed by atoms with Crippen molar-refractivity contribution >= 4 is 22.6 Å². The third-order valence-electron chi connectivity index (χ3n) is 2.20. The second-order valence-electron chi connectivity index (χ2n) is 3.16. The van der Waals surface area contributed by atoms with Gasteiger partial charge < -0.3 is 9.72 Å². The standard InChI is InChI=1S/C10H11ClN2O/c1-6(14-2)10-12-8-4-3-7(11)5-9(8)13-10/h3-6H,1-2H3,(H,12,13). The van der Waals surface area contributed by atoms with Crippen molar-refractivity contribution in [2.75, 3.05) is 7.11 Å². The SMILES string of the molecule is COC(C)c1nc2ccc(Cl)cc2[nH]1. The minimum atomic E-state index is -0.0267. The number of hydrogen-bond acceptors (Lipinski definition) is 2. The van der Waals surface area contributed by atoms with Crippen LogP contribution in [0, 0.1) is 0 Å². The van der Waals surface area contributed by atoms with Crippen molar-refractivity contribution in [3.63, 3.8) is 0 Å². The van der Waals surface area contributed by atoms with Gasteiger partial charge in [0.2, 0.25) is 0 Å². The topological polar surface area (TPSA) is 37.9 Å². The Bertz CT molecular complexity index is 452. The van der Waals surface area contributed by atoms with Crippen LogP contribution in [0.25, 0.3) is 11.0 Å². The van der Waals surface area contributed by atoms with Crippen molar-refractivity contribution in [3.05, 3.63) is 29.0 Å². The number of rotatable bonds is 2. The van der Waals surface area contributed by atoms with E-state index in [0.717, 1.165) is 16.9 Å². The first-order valence-corrected chi connectivity index (χ1v) is 4.76. The highest BCUT2D eigenvalue weighted by atomic mass is 35.5. The summed E-state index contributed by atoms with van der Waals surface area (Å²) in [5, 5.41) is 0.706. The maximum Gasteiger partial charge on any atom is 0.136 e. The fraction of sp³-hybridized carbons (Fsp3) is 0.300. The van der Waals surface area contributed by atoms with Crippen LogP contribution in [0.5, 0.6) is 0 Å². The van der Waals surface area contributed by atoms with E-state index in [1.165, 1.54) is 0 Å². The maximum atomic E-state index is 5.86. The van der Waals surface area contributed by atoms with Gasteiger partial charge in [-0.3, -0.25) is 0 Å². The number of nitrogens with zero attached hydrogens (tertiary/aromatic N) is 1. The number of imidazole rings is 1. The maximum absolute atomic E-state index is 5.86. The van der Waals surface area contributed by atoms with Crippen LogP contribution in [0.3, 0.4) is 0 Å². The predicted octanol–water partition coefficient (Wildman–Crippen LogP) is 2.92. The molecule has 3 nitrogen and oxygen atoms in total. The number of aromatic amines is 1. The summed E-state index contributed by atoms with van der Waals surface area (Å²) in [6, 6.07) is 5.57. The first-order chi connectivity index (χ1) is 6.70. The van der Waals surface area contributed by atoms with Crippen LogP contribution < -0.4 is 0 Å². The van der Waals surface area contributed by atoms with Crippen molar-refractivity contribution in [1.82, 2.24) is 9.97 Å². The lowest BCUT2D eigenvalue weighted by atomic mass is 10.3. The van der Waals surface area contributed by atoms with Gasteiger partial charge >= 0.3 is 0 Å². The van der Waals surface area contributed by atoms with Gasteiger partial charge in [0.05, 0.1) is 11.0 Å². The Morgan fingerprint density at radius 3 is 3.00 bits per heavy atom. The van der Waals surface area contributed by atoms with E-state index in [2.05, 4.69) is 9.97 Å². The summed E-state index contributed by atoms with van der Waals surface area (Å²) >= 11 is 5.86. The smallest absolute Gasteiger partial charge is 0.136 e. The number of ether oxygens (including phenoxy) is 1. The van der Waals surface area contributed by atoms with Gasteiger partial charge in [-0.25, -0.2) is 4.98 Å². The molecule has 0 fully saturated rings. The lowest BCUT2D eigenvalue weighted by Gasteiger charge is -2.03. The fourth-order valence-electron chi connectivity index (χ4n) is 1.31. The second kappa shape index (κ2) is 3.59. The average molecular weight is 211 g/mol. The van der Waals surface area contributed by atoms with Crippen LogP contribution in [0.2, 0.25) is 5.02 Å². The Balaban J connectivity index is 2.51. The number of methoxy groups -OCH3 is 1. The summed E-state index contributed by atoms with van der Waals surface area (Å²) in [5.41, 5.74) is 1.85. The summed E-state index contributed by atoms with van der Waals surface area (Å²) in [4.78, 5) is 7.55. The molecule has 0 aliphatic rings. The average Bonchev–Trinajstić information content (AvgIpc) is 2.59. The predicted molar refractivity (Wildman–Crippen MR) is 56.5 cm³/mol. The van der Waals surface area contributed by atoms with Crippen molar-refractivity contribution < 1.29 is 4.74 Å². The van der Waals surface area contributed by atoms with Gasteiger partial charge in [-0.15, -0.1) is 0 Å². The summed E-state index contributed by atoms with van der Waals surface area (Å²) in [5.74, 6) is 0.824. The Kier molecular flexibility index (Phi) is 2.44. The zero-order valence-corrected chi connectivity index (χ0v) is 8.80. The number of H-pyrrole nitrogens is 1. The summed E-state index contributed by atoms with van der Waals surface area (Å²) in [6.07, 6.45) is -0.0267. The van der Waals surface area contributed by atoms with E-state index in [-0.39, 0.29) is 6.10 Å². The zero-order chi connectivity index (χ0) is 10.1. The quantitative estimate of drug-likeness (QED) is 0.828. The molecule has 74 valence electrons. The molecule has 14 heavy (non-hydrogen) atoms. The van der Waals surface area contributed by atoms with E-state index >= 15 is 0 Å².